The van der Waals surface area contributed by atoms with E-state index in [1.165, 1.54) is 0 Å². The van der Waals surface area contributed by atoms with Crippen LogP contribution in [0.1, 0.15) is 18.4 Å². The Morgan fingerprint density at radius 2 is 1.95 bits per heavy atom. The summed E-state index contributed by atoms with van der Waals surface area (Å²) in [6.07, 6.45) is 0.945. The molecule has 0 atom stereocenters. The second-order valence-electron chi connectivity index (χ2n) is 4.71. The van der Waals surface area contributed by atoms with Crippen molar-refractivity contribution in [3.05, 3.63) is 35.9 Å². The van der Waals surface area contributed by atoms with Gasteiger partial charge in [0.2, 0.25) is 0 Å². The standard InChI is InChI=1S/C14H19N3O3/c15-13(16)20-12-6-8-17(9-7-12)14(18)19-10-11-4-2-1-3-5-11/h1-5,12H,6-10H2,(H3,15,16). The van der Waals surface area contributed by atoms with Gasteiger partial charge in [-0.1, -0.05) is 30.3 Å². The molecule has 1 aliphatic rings. The number of likely N-dealkylation sites (tertiary alicyclic amines) is 1. The first-order chi connectivity index (χ1) is 9.65. The van der Waals surface area contributed by atoms with Crippen molar-refractivity contribution in [1.29, 1.82) is 5.41 Å². The molecule has 0 spiro atoms. The Labute approximate surface area is 118 Å². The molecule has 108 valence electrons. The van der Waals surface area contributed by atoms with Crippen molar-refractivity contribution in [2.24, 2.45) is 5.73 Å². The number of ether oxygens (including phenoxy) is 2. The molecule has 6 nitrogen and oxygen atoms in total. The highest BCUT2D eigenvalue weighted by atomic mass is 16.6. The summed E-state index contributed by atoms with van der Waals surface area (Å²) in [6, 6.07) is 9.31. The molecule has 0 aliphatic carbocycles. The van der Waals surface area contributed by atoms with Crippen LogP contribution < -0.4 is 5.73 Å². The summed E-state index contributed by atoms with van der Waals surface area (Å²) in [6.45, 7) is 1.40. The molecule has 1 fully saturated rings. The second kappa shape index (κ2) is 6.79. The number of nitrogens with two attached hydrogens (primary N) is 1. The number of benzene rings is 1. The molecular weight excluding hydrogens is 258 g/mol. The lowest BCUT2D eigenvalue weighted by Gasteiger charge is -2.30. The SMILES string of the molecule is N=C(N)OC1CCN(C(=O)OCc2ccccc2)CC1. The zero-order valence-corrected chi connectivity index (χ0v) is 11.2. The molecule has 0 radical (unpaired) electrons. The lowest BCUT2D eigenvalue weighted by Crippen LogP contribution is -2.42. The van der Waals surface area contributed by atoms with Gasteiger partial charge in [-0.3, -0.25) is 5.41 Å². The van der Waals surface area contributed by atoms with Crippen molar-refractivity contribution >= 4 is 12.1 Å². The highest BCUT2D eigenvalue weighted by Crippen LogP contribution is 2.15. The number of piperidine rings is 1. The maximum absolute atomic E-state index is 11.9. The molecule has 1 saturated heterocycles. The highest BCUT2D eigenvalue weighted by molar-refractivity contribution is 5.68. The Bertz CT molecular complexity index is 456. The third kappa shape index (κ3) is 4.15. The summed E-state index contributed by atoms with van der Waals surface area (Å²) in [5.41, 5.74) is 6.15. The average Bonchev–Trinajstić information content (AvgIpc) is 2.46. The van der Waals surface area contributed by atoms with Crippen LogP contribution in [0.5, 0.6) is 0 Å². The fourth-order valence-corrected chi connectivity index (χ4v) is 2.15. The average molecular weight is 277 g/mol. The Morgan fingerprint density at radius 1 is 1.30 bits per heavy atom. The van der Waals surface area contributed by atoms with E-state index >= 15 is 0 Å². The van der Waals surface area contributed by atoms with Crippen molar-refractivity contribution in [1.82, 2.24) is 4.90 Å². The van der Waals surface area contributed by atoms with Crippen LogP contribution in [0.15, 0.2) is 30.3 Å². The number of hydrogen-bond donors (Lipinski definition) is 2. The molecule has 1 amide bonds. The predicted molar refractivity (Wildman–Crippen MR) is 74.2 cm³/mol. The largest absolute Gasteiger partial charge is 0.462 e. The van der Waals surface area contributed by atoms with Gasteiger partial charge in [-0.05, 0) is 5.56 Å². The van der Waals surface area contributed by atoms with Gasteiger partial charge in [0.05, 0.1) is 0 Å². The van der Waals surface area contributed by atoms with Gasteiger partial charge < -0.3 is 20.1 Å². The van der Waals surface area contributed by atoms with Crippen LogP contribution >= 0.6 is 0 Å². The Morgan fingerprint density at radius 3 is 2.55 bits per heavy atom. The Balaban J connectivity index is 1.73. The molecule has 1 aromatic rings. The number of nitrogens with one attached hydrogen (secondary N) is 1. The fourth-order valence-electron chi connectivity index (χ4n) is 2.15. The van der Waals surface area contributed by atoms with Crippen LogP contribution in [-0.4, -0.2) is 36.2 Å². The van der Waals surface area contributed by atoms with E-state index in [1.807, 2.05) is 30.3 Å². The first kappa shape index (κ1) is 14.2. The molecule has 0 aromatic heterocycles. The summed E-state index contributed by atoms with van der Waals surface area (Å²) in [4.78, 5) is 13.6. The summed E-state index contributed by atoms with van der Waals surface area (Å²) >= 11 is 0. The third-order valence-electron chi connectivity index (χ3n) is 3.20. The van der Waals surface area contributed by atoms with E-state index in [0.717, 1.165) is 5.56 Å². The van der Waals surface area contributed by atoms with Crippen LogP contribution in [0.25, 0.3) is 0 Å². The number of carbonyl (C=O) groups excluding carboxylic acids is 1. The summed E-state index contributed by atoms with van der Waals surface area (Å²) in [7, 11) is 0. The lowest BCUT2D eigenvalue weighted by molar-refractivity contribution is 0.0595. The number of hydrogen-bond acceptors (Lipinski definition) is 4. The molecule has 6 heteroatoms. The molecular formula is C14H19N3O3. The minimum absolute atomic E-state index is 0.0781. The zero-order chi connectivity index (χ0) is 14.4. The van der Waals surface area contributed by atoms with Gasteiger partial charge in [-0.2, -0.15) is 0 Å². The normalized spacial score (nSPS) is 15.7. The van der Waals surface area contributed by atoms with Crippen LogP contribution in [0.4, 0.5) is 4.79 Å². The zero-order valence-electron chi connectivity index (χ0n) is 11.2. The molecule has 0 saturated carbocycles. The number of amides is 1. The monoisotopic (exact) mass is 277 g/mol. The molecule has 1 aliphatic heterocycles. The smallest absolute Gasteiger partial charge is 0.410 e. The van der Waals surface area contributed by atoms with E-state index in [2.05, 4.69) is 0 Å². The van der Waals surface area contributed by atoms with Crippen molar-refractivity contribution in [2.75, 3.05) is 13.1 Å². The van der Waals surface area contributed by atoms with Crippen molar-refractivity contribution in [3.63, 3.8) is 0 Å². The minimum Gasteiger partial charge on any atom is -0.462 e. The maximum Gasteiger partial charge on any atom is 0.410 e. The summed E-state index contributed by atoms with van der Waals surface area (Å²) < 4.78 is 10.4. The molecule has 3 N–H and O–H groups in total. The molecule has 0 bridgehead atoms. The fraction of sp³-hybridized carbons (Fsp3) is 0.429. The Kier molecular flexibility index (Phi) is 4.81. The number of carbonyl (C=O) groups is 1. The van der Waals surface area contributed by atoms with E-state index in [9.17, 15) is 4.79 Å². The van der Waals surface area contributed by atoms with E-state index in [0.29, 0.717) is 25.9 Å². The highest BCUT2D eigenvalue weighted by Gasteiger charge is 2.24. The van der Waals surface area contributed by atoms with Gasteiger partial charge in [0.15, 0.2) is 0 Å². The lowest BCUT2D eigenvalue weighted by atomic mass is 10.1. The Hall–Kier alpha value is -2.24. The third-order valence-corrected chi connectivity index (χ3v) is 3.20. The molecule has 1 aromatic carbocycles. The number of rotatable bonds is 3. The minimum atomic E-state index is -0.310. The molecule has 20 heavy (non-hydrogen) atoms. The maximum atomic E-state index is 11.9. The molecule has 0 unspecified atom stereocenters. The van der Waals surface area contributed by atoms with Crippen molar-refractivity contribution < 1.29 is 14.3 Å². The van der Waals surface area contributed by atoms with Crippen LogP contribution in [-0.2, 0) is 16.1 Å². The van der Waals surface area contributed by atoms with Crippen LogP contribution in [0.3, 0.4) is 0 Å². The van der Waals surface area contributed by atoms with Crippen molar-refractivity contribution in [3.8, 4) is 0 Å². The van der Waals surface area contributed by atoms with E-state index < -0.39 is 0 Å². The molecule has 2 rings (SSSR count). The summed E-state index contributed by atoms with van der Waals surface area (Å²) in [5.74, 6) is 0. The van der Waals surface area contributed by atoms with Gasteiger partial charge in [-0.15, -0.1) is 0 Å². The number of nitrogens with zero attached hydrogens (tertiary/aromatic N) is 1. The van der Waals surface area contributed by atoms with Gasteiger partial charge in [0, 0.05) is 25.9 Å². The first-order valence-electron chi connectivity index (χ1n) is 6.61. The van der Waals surface area contributed by atoms with Crippen molar-refractivity contribution in [2.45, 2.75) is 25.6 Å². The first-order valence-corrected chi connectivity index (χ1v) is 6.61. The number of amidine groups is 1. The van der Waals surface area contributed by atoms with Gasteiger partial charge >= 0.3 is 6.09 Å². The topological polar surface area (TPSA) is 88.6 Å². The quantitative estimate of drug-likeness (QED) is 0.650. The van der Waals surface area contributed by atoms with E-state index in [1.54, 1.807) is 4.90 Å². The second-order valence-corrected chi connectivity index (χ2v) is 4.71. The van der Waals surface area contributed by atoms with Gasteiger partial charge in [0.1, 0.15) is 12.7 Å². The van der Waals surface area contributed by atoms with Gasteiger partial charge in [-0.25, -0.2) is 4.79 Å². The summed E-state index contributed by atoms with van der Waals surface area (Å²) in [5, 5.41) is 7.08. The van der Waals surface area contributed by atoms with E-state index in [-0.39, 0.29) is 24.8 Å². The van der Waals surface area contributed by atoms with Crippen LogP contribution in [0, 0.1) is 5.41 Å². The van der Waals surface area contributed by atoms with Gasteiger partial charge in [0.25, 0.3) is 6.02 Å². The van der Waals surface area contributed by atoms with Crippen LogP contribution in [0.2, 0.25) is 0 Å². The predicted octanol–water partition coefficient (Wildman–Crippen LogP) is 1.70. The molecule has 1 heterocycles. The van der Waals surface area contributed by atoms with E-state index in [4.69, 9.17) is 20.6 Å².